The predicted octanol–water partition coefficient (Wildman–Crippen LogP) is 4.91. The number of hydrogen-bond donors (Lipinski definition) is 1. The van der Waals surface area contributed by atoms with Gasteiger partial charge >= 0.3 is 5.97 Å². The third kappa shape index (κ3) is 8.30. The minimum absolute atomic E-state index is 0.0364. The standard InChI is InChI=1S/C23H26N2O6/c1-17(2)23(27)31-16-6-4-3-5-15-30-21-13-7-18(8-14-21)22(26)24-19-9-11-20(12-10-19)25(28)29/h7-14H,1,3-6,15-16H2,2H3,(H,24,26). The SMILES string of the molecule is C=C(C)C(=O)OCCCCCCOc1ccc(C(=O)Nc2ccc([N+](=O)[O-])cc2)cc1. The Hall–Kier alpha value is -3.68. The zero-order valence-corrected chi connectivity index (χ0v) is 17.5. The first kappa shape index (κ1) is 23.6. The van der Waals surface area contributed by atoms with Gasteiger partial charge in [0.25, 0.3) is 11.6 Å². The lowest BCUT2D eigenvalue weighted by atomic mass is 10.2. The van der Waals surface area contributed by atoms with Crippen LogP contribution >= 0.6 is 0 Å². The van der Waals surface area contributed by atoms with Crippen LogP contribution in [0.25, 0.3) is 0 Å². The molecule has 0 atom stereocenters. The number of rotatable bonds is 12. The molecule has 0 heterocycles. The van der Waals surface area contributed by atoms with E-state index in [0.29, 0.717) is 35.8 Å². The molecule has 0 aromatic heterocycles. The number of nitrogens with zero attached hydrogens (tertiary/aromatic N) is 1. The third-order valence-electron chi connectivity index (χ3n) is 4.34. The van der Waals surface area contributed by atoms with Crippen LogP contribution in [0.4, 0.5) is 11.4 Å². The van der Waals surface area contributed by atoms with Crippen molar-refractivity contribution in [3.63, 3.8) is 0 Å². The molecule has 1 N–H and O–H groups in total. The molecule has 0 saturated heterocycles. The Morgan fingerprint density at radius 1 is 0.968 bits per heavy atom. The second kappa shape index (κ2) is 12.1. The van der Waals surface area contributed by atoms with Crippen LogP contribution in [0.1, 0.15) is 43.0 Å². The summed E-state index contributed by atoms with van der Waals surface area (Å²) >= 11 is 0. The molecular weight excluding hydrogens is 400 g/mol. The van der Waals surface area contributed by atoms with E-state index in [9.17, 15) is 19.7 Å². The van der Waals surface area contributed by atoms with Crippen LogP contribution < -0.4 is 10.1 Å². The van der Waals surface area contributed by atoms with Crippen molar-refractivity contribution in [2.75, 3.05) is 18.5 Å². The molecule has 0 aliphatic carbocycles. The second-order valence-electron chi connectivity index (χ2n) is 6.96. The number of unbranched alkanes of at least 4 members (excludes halogenated alkanes) is 3. The van der Waals surface area contributed by atoms with Crippen LogP contribution in [0, 0.1) is 10.1 Å². The Morgan fingerprint density at radius 2 is 1.58 bits per heavy atom. The van der Waals surface area contributed by atoms with Crippen LogP contribution in [0.5, 0.6) is 5.75 Å². The lowest BCUT2D eigenvalue weighted by molar-refractivity contribution is -0.384. The highest BCUT2D eigenvalue weighted by molar-refractivity contribution is 6.04. The van der Waals surface area contributed by atoms with Crippen molar-refractivity contribution in [2.45, 2.75) is 32.6 Å². The fourth-order valence-electron chi connectivity index (χ4n) is 2.61. The zero-order valence-electron chi connectivity index (χ0n) is 17.5. The van der Waals surface area contributed by atoms with E-state index in [-0.39, 0.29) is 17.6 Å². The Kier molecular flexibility index (Phi) is 9.22. The molecule has 8 nitrogen and oxygen atoms in total. The van der Waals surface area contributed by atoms with Crippen LogP contribution in [0.2, 0.25) is 0 Å². The number of anilines is 1. The molecule has 0 radical (unpaired) electrons. The van der Waals surface area contributed by atoms with Crippen molar-refractivity contribution >= 4 is 23.3 Å². The average molecular weight is 426 g/mol. The highest BCUT2D eigenvalue weighted by atomic mass is 16.6. The lowest BCUT2D eigenvalue weighted by Gasteiger charge is -2.08. The molecule has 0 fully saturated rings. The van der Waals surface area contributed by atoms with Gasteiger partial charge in [0.2, 0.25) is 0 Å². The van der Waals surface area contributed by atoms with Gasteiger partial charge in [0.05, 0.1) is 18.1 Å². The van der Waals surface area contributed by atoms with Gasteiger partial charge in [0.1, 0.15) is 5.75 Å². The molecule has 0 aliphatic rings. The maximum Gasteiger partial charge on any atom is 0.333 e. The normalized spacial score (nSPS) is 10.2. The first-order valence-electron chi connectivity index (χ1n) is 9.98. The van der Waals surface area contributed by atoms with Gasteiger partial charge in [-0.2, -0.15) is 0 Å². The number of esters is 1. The largest absolute Gasteiger partial charge is 0.494 e. The molecule has 0 unspecified atom stereocenters. The van der Waals surface area contributed by atoms with Gasteiger partial charge < -0.3 is 14.8 Å². The summed E-state index contributed by atoms with van der Waals surface area (Å²) in [6.07, 6.45) is 3.57. The summed E-state index contributed by atoms with van der Waals surface area (Å²) < 4.78 is 10.7. The van der Waals surface area contributed by atoms with Crippen LogP contribution in [0.15, 0.2) is 60.7 Å². The van der Waals surface area contributed by atoms with Gasteiger partial charge in [0, 0.05) is 29.0 Å². The van der Waals surface area contributed by atoms with E-state index in [4.69, 9.17) is 9.47 Å². The number of nitro groups is 1. The molecule has 0 saturated carbocycles. The minimum Gasteiger partial charge on any atom is -0.494 e. The predicted molar refractivity (Wildman–Crippen MR) is 117 cm³/mol. The quantitative estimate of drug-likeness (QED) is 0.170. The summed E-state index contributed by atoms with van der Waals surface area (Å²) in [5.74, 6) is 0.00299. The maximum atomic E-state index is 12.3. The Balaban J connectivity index is 1.66. The van der Waals surface area contributed by atoms with Gasteiger partial charge in [-0.15, -0.1) is 0 Å². The van der Waals surface area contributed by atoms with E-state index in [2.05, 4.69) is 11.9 Å². The molecule has 0 bridgehead atoms. The monoisotopic (exact) mass is 426 g/mol. The van der Waals surface area contributed by atoms with Crippen LogP contribution in [-0.2, 0) is 9.53 Å². The molecular formula is C23H26N2O6. The van der Waals surface area contributed by atoms with Crippen molar-refractivity contribution in [3.8, 4) is 5.75 Å². The number of nitro benzene ring substituents is 1. The van der Waals surface area contributed by atoms with Crippen molar-refractivity contribution in [1.29, 1.82) is 0 Å². The first-order valence-corrected chi connectivity index (χ1v) is 9.98. The fraction of sp³-hybridized carbons (Fsp3) is 0.304. The van der Waals surface area contributed by atoms with E-state index in [0.717, 1.165) is 25.7 Å². The van der Waals surface area contributed by atoms with Gasteiger partial charge in [0.15, 0.2) is 0 Å². The van der Waals surface area contributed by atoms with E-state index in [1.807, 2.05) is 0 Å². The third-order valence-corrected chi connectivity index (χ3v) is 4.34. The van der Waals surface area contributed by atoms with E-state index < -0.39 is 4.92 Å². The topological polar surface area (TPSA) is 108 Å². The Bertz CT molecular complexity index is 907. The summed E-state index contributed by atoms with van der Waals surface area (Å²) in [5.41, 5.74) is 1.30. The van der Waals surface area contributed by atoms with E-state index in [1.54, 1.807) is 31.2 Å². The van der Waals surface area contributed by atoms with Gasteiger partial charge in [-0.1, -0.05) is 6.58 Å². The van der Waals surface area contributed by atoms with Gasteiger partial charge in [-0.3, -0.25) is 14.9 Å². The minimum atomic E-state index is -0.494. The summed E-state index contributed by atoms with van der Waals surface area (Å²) in [6, 6.07) is 12.4. The average Bonchev–Trinajstić information content (AvgIpc) is 2.76. The number of non-ortho nitro benzene ring substituents is 1. The van der Waals surface area contributed by atoms with Crippen LogP contribution in [0.3, 0.4) is 0 Å². The molecule has 2 rings (SSSR count). The maximum absolute atomic E-state index is 12.3. The molecule has 0 aliphatic heterocycles. The fourth-order valence-corrected chi connectivity index (χ4v) is 2.61. The lowest BCUT2D eigenvalue weighted by Crippen LogP contribution is -2.11. The van der Waals surface area contributed by atoms with Crippen molar-refractivity contribution in [3.05, 3.63) is 76.4 Å². The van der Waals surface area contributed by atoms with Crippen LogP contribution in [-0.4, -0.2) is 30.0 Å². The second-order valence-corrected chi connectivity index (χ2v) is 6.96. The number of carbonyl (C=O) groups is 2. The van der Waals surface area contributed by atoms with E-state index >= 15 is 0 Å². The molecule has 2 aromatic rings. The number of hydrogen-bond acceptors (Lipinski definition) is 6. The van der Waals surface area contributed by atoms with Crippen molar-refractivity contribution < 1.29 is 24.0 Å². The number of benzene rings is 2. The number of nitrogens with one attached hydrogen (secondary N) is 1. The molecule has 164 valence electrons. The highest BCUT2D eigenvalue weighted by Crippen LogP contribution is 2.18. The summed E-state index contributed by atoms with van der Waals surface area (Å²) in [7, 11) is 0. The molecule has 1 amide bonds. The summed E-state index contributed by atoms with van der Waals surface area (Å²) in [5, 5.41) is 13.4. The Morgan fingerprint density at radius 3 is 2.16 bits per heavy atom. The molecule has 31 heavy (non-hydrogen) atoms. The zero-order chi connectivity index (χ0) is 22.6. The van der Waals surface area contributed by atoms with Crippen molar-refractivity contribution in [1.82, 2.24) is 0 Å². The van der Waals surface area contributed by atoms with Gasteiger partial charge in [-0.05, 0) is 69.0 Å². The number of ether oxygens (including phenoxy) is 2. The number of amides is 1. The molecule has 2 aromatic carbocycles. The Labute approximate surface area is 181 Å². The summed E-state index contributed by atoms with van der Waals surface area (Å²) in [6.45, 7) is 6.11. The van der Waals surface area contributed by atoms with E-state index in [1.165, 1.54) is 24.3 Å². The van der Waals surface area contributed by atoms with Crippen molar-refractivity contribution in [2.24, 2.45) is 0 Å². The molecule has 8 heteroatoms. The molecule has 0 spiro atoms. The summed E-state index contributed by atoms with van der Waals surface area (Å²) in [4.78, 5) is 33.7. The first-order chi connectivity index (χ1) is 14.9. The number of carbonyl (C=O) groups excluding carboxylic acids is 2. The highest BCUT2D eigenvalue weighted by Gasteiger charge is 2.09. The van der Waals surface area contributed by atoms with Gasteiger partial charge in [-0.25, -0.2) is 4.79 Å². The smallest absolute Gasteiger partial charge is 0.333 e.